The van der Waals surface area contributed by atoms with Crippen LogP contribution in [-0.2, 0) is 0 Å². The van der Waals surface area contributed by atoms with Gasteiger partial charge in [-0.2, -0.15) is 11.8 Å². The van der Waals surface area contributed by atoms with E-state index in [9.17, 15) is 0 Å². The van der Waals surface area contributed by atoms with Crippen molar-refractivity contribution in [3.8, 4) is 0 Å². The smallest absolute Gasteiger partial charge is 0.000539 e. The lowest BCUT2D eigenvalue weighted by Crippen LogP contribution is -2.54. The van der Waals surface area contributed by atoms with E-state index in [4.69, 9.17) is 0 Å². The second-order valence-corrected chi connectivity index (χ2v) is 11.6. The van der Waals surface area contributed by atoms with Crippen LogP contribution in [0.3, 0.4) is 0 Å². The second kappa shape index (κ2) is 7.76. The number of hydrogen-bond donors (Lipinski definition) is 0. The molecule has 0 nitrogen and oxygen atoms in total. The summed E-state index contributed by atoms with van der Waals surface area (Å²) < 4.78 is 0. The Morgan fingerprint density at radius 1 is 0.840 bits per heavy atom. The van der Waals surface area contributed by atoms with Crippen molar-refractivity contribution in [3.05, 3.63) is 0 Å². The van der Waals surface area contributed by atoms with E-state index in [1.165, 1.54) is 50.0 Å². The van der Waals surface area contributed by atoms with Crippen LogP contribution in [0.15, 0.2) is 0 Å². The largest absolute Gasteiger partial charge is 0.161 e. The molecule has 6 atom stereocenters. The van der Waals surface area contributed by atoms with Crippen LogP contribution in [0.1, 0.15) is 104 Å². The summed E-state index contributed by atoms with van der Waals surface area (Å²) in [6.45, 7) is 5.01. The quantitative estimate of drug-likeness (QED) is 0.436. The van der Waals surface area contributed by atoms with Gasteiger partial charge in [-0.3, -0.25) is 0 Å². The van der Waals surface area contributed by atoms with Crippen molar-refractivity contribution in [2.75, 3.05) is 11.5 Å². The lowest BCUT2D eigenvalue weighted by Gasteiger charge is -2.61. The first kappa shape index (κ1) is 18.7. The van der Waals surface area contributed by atoms with E-state index < -0.39 is 0 Å². The number of fused-ring (bicyclic) bond motifs is 5. The molecule has 0 radical (unpaired) electrons. The van der Waals surface area contributed by atoms with Gasteiger partial charge in [0.05, 0.1) is 0 Å². The molecule has 0 N–H and O–H groups in total. The number of thioether (sulfide) groups is 1. The average Bonchev–Trinajstić information content (AvgIpc) is 3.03. The van der Waals surface area contributed by atoms with E-state index >= 15 is 0 Å². The fraction of sp³-hybridized carbons (Fsp3) is 1.00. The summed E-state index contributed by atoms with van der Waals surface area (Å²) in [4.78, 5) is 0. The van der Waals surface area contributed by atoms with Crippen LogP contribution in [0.25, 0.3) is 0 Å². The van der Waals surface area contributed by atoms with Crippen molar-refractivity contribution in [1.82, 2.24) is 0 Å². The van der Waals surface area contributed by atoms with Crippen molar-refractivity contribution < 1.29 is 0 Å². The van der Waals surface area contributed by atoms with Crippen molar-refractivity contribution >= 4 is 11.8 Å². The van der Waals surface area contributed by atoms with Gasteiger partial charge in [0.25, 0.3) is 0 Å². The molecule has 0 amide bonds. The highest BCUT2D eigenvalue weighted by Crippen LogP contribution is 2.66. The second-order valence-electron chi connectivity index (χ2n) is 10.5. The summed E-state index contributed by atoms with van der Waals surface area (Å²) in [6, 6.07) is 0. The maximum atomic E-state index is 2.67. The van der Waals surface area contributed by atoms with Gasteiger partial charge >= 0.3 is 0 Å². The lowest BCUT2D eigenvalue weighted by molar-refractivity contribution is -0.100. The van der Waals surface area contributed by atoms with E-state index in [0.717, 1.165) is 34.5 Å². The third kappa shape index (κ3) is 3.34. The molecule has 4 fully saturated rings. The fourth-order valence-corrected chi connectivity index (χ4v) is 9.59. The molecule has 0 bridgehead atoms. The molecule has 0 spiro atoms. The summed E-state index contributed by atoms with van der Waals surface area (Å²) in [7, 11) is 0. The van der Waals surface area contributed by atoms with Gasteiger partial charge in [-0.25, -0.2) is 0 Å². The highest BCUT2D eigenvalue weighted by atomic mass is 32.2. The molecule has 0 saturated heterocycles. The molecule has 25 heavy (non-hydrogen) atoms. The minimum Gasteiger partial charge on any atom is -0.161 e. The number of rotatable bonds is 6. The molecule has 0 aliphatic heterocycles. The molecule has 144 valence electrons. The zero-order valence-corrected chi connectivity index (χ0v) is 17.8. The molecular formula is C24H42S. The SMILES string of the molecule is CCCCCSC[C@]12CCCCC1CC[C@H]1[C@@H]3CCC[C@@]3(C)CC[C@@H]12. The first-order chi connectivity index (χ1) is 12.2. The van der Waals surface area contributed by atoms with Crippen LogP contribution >= 0.6 is 11.8 Å². The summed E-state index contributed by atoms with van der Waals surface area (Å²) >= 11 is 2.36. The maximum Gasteiger partial charge on any atom is -0.000539 e. The molecule has 4 aliphatic rings. The van der Waals surface area contributed by atoms with Crippen LogP contribution in [0, 0.1) is 34.5 Å². The van der Waals surface area contributed by atoms with Crippen LogP contribution in [0.2, 0.25) is 0 Å². The topological polar surface area (TPSA) is 0 Å². The van der Waals surface area contributed by atoms with Gasteiger partial charge in [-0.05, 0) is 104 Å². The molecule has 1 unspecified atom stereocenters. The van der Waals surface area contributed by atoms with Crippen LogP contribution in [-0.4, -0.2) is 11.5 Å². The van der Waals surface area contributed by atoms with E-state index in [-0.39, 0.29) is 0 Å². The minimum absolute atomic E-state index is 0.734. The number of unbranched alkanes of at least 4 members (excludes halogenated alkanes) is 2. The van der Waals surface area contributed by atoms with Crippen LogP contribution < -0.4 is 0 Å². The average molecular weight is 363 g/mol. The Balaban J connectivity index is 1.51. The first-order valence-electron chi connectivity index (χ1n) is 11.8. The fourth-order valence-electron chi connectivity index (χ4n) is 8.06. The molecule has 0 aromatic carbocycles. The summed E-state index contributed by atoms with van der Waals surface area (Å²) in [5, 5.41) is 0. The van der Waals surface area contributed by atoms with Gasteiger partial charge in [0.2, 0.25) is 0 Å². The third-order valence-electron chi connectivity index (χ3n) is 9.33. The zero-order valence-electron chi connectivity index (χ0n) is 17.0. The highest BCUT2D eigenvalue weighted by molar-refractivity contribution is 7.99. The molecule has 4 aliphatic carbocycles. The van der Waals surface area contributed by atoms with E-state index in [1.54, 1.807) is 51.4 Å². The maximum absolute atomic E-state index is 2.67. The predicted octanol–water partition coefficient (Wildman–Crippen LogP) is 7.71. The van der Waals surface area contributed by atoms with Gasteiger partial charge in [-0.15, -0.1) is 0 Å². The van der Waals surface area contributed by atoms with Crippen LogP contribution in [0.5, 0.6) is 0 Å². The summed E-state index contributed by atoms with van der Waals surface area (Å²) in [5.41, 5.74) is 1.49. The zero-order chi connectivity index (χ0) is 17.3. The normalized spacial score (nSPS) is 46.3. The Labute approximate surface area is 161 Å². The van der Waals surface area contributed by atoms with Gasteiger partial charge in [0.15, 0.2) is 0 Å². The van der Waals surface area contributed by atoms with E-state index in [0.29, 0.717) is 0 Å². The molecule has 0 heterocycles. The van der Waals surface area contributed by atoms with Gasteiger partial charge < -0.3 is 0 Å². The van der Waals surface area contributed by atoms with Gasteiger partial charge in [-0.1, -0.05) is 46.0 Å². The van der Waals surface area contributed by atoms with Crippen molar-refractivity contribution in [2.45, 2.75) is 104 Å². The van der Waals surface area contributed by atoms with Crippen molar-refractivity contribution in [2.24, 2.45) is 34.5 Å². The minimum atomic E-state index is 0.734. The number of hydrogen-bond acceptors (Lipinski definition) is 1. The highest BCUT2D eigenvalue weighted by Gasteiger charge is 2.58. The monoisotopic (exact) mass is 362 g/mol. The Kier molecular flexibility index (Phi) is 5.81. The molecule has 0 aromatic rings. The van der Waals surface area contributed by atoms with Crippen LogP contribution in [0.4, 0.5) is 0 Å². The Morgan fingerprint density at radius 2 is 1.76 bits per heavy atom. The molecule has 1 heteroatoms. The summed E-state index contributed by atoms with van der Waals surface area (Å²) in [6.07, 6.45) is 21.5. The van der Waals surface area contributed by atoms with Crippen molar-refractivity contribution in [3.63, 3.8) is 0 Å². The van der Waals surface area contributed by atoms with Gasteiger partial charge in [0.1, 0.15) is 0 Å². The molecule has 0 aromatic heterocycles. The summed E-state index contributed by atoms with van der Waals surface area (Å²) in [5.74, 6) is 7.34. The van der Waals surface area contributed by atoms with Crippen molar-refractivity contribution in [1.29, 1.82) is 0 Å². The third-order valence-corrected chi connectivity index (χ3v) is 10.6. The van der Waals surface area contributed by atoms with Gasteiger partial charge in [0, 0.05) is 0 Å². The van der Waals surface area contributed by atoms with E-state index in [2.05, 4.69) is 25.6 Å². The molecular weight excluding hydrogens is 320 g/mol. The Hall–Kier alpha value is 0.350. The molecule has 4 saturated carbocycles. The Morgan fingerprint density at radius 3 is 2.64 bits per heavy atom. The first-order valence-corrected chi connectivity index (χ1v) is 12.9. The Bertz CT molecular complexity index is 445. The lowest BCUT2D eigenvalue weighted by atomic mass is 9.45. The molecule has 4 rings (SSSR count). The predicted molar refractivity (Wildman–Crippen MR) is 112 cm³/mol. The van der Waals surface area contributed by atoms with E-state index in [1.807, 2.05) is 0 Å². The standard InChI is InChI=1S/C24H42S/c1-3-4-7-17-25-18-24-15-6-5-9-19(24)11-12-20-21-10-8-14-23(21,2)16-13-22(20)24/h19-22H,3-18H2,1-2H3/t19?,20-,21-,22-,23-,24+/m0/s1.